The first-order valence-corrected chi connectivity index (χ1v) is 6.56. The largest absolute Gasteiger partial charge is 0.368 e. The molecule has 1 heterocycles. The first-order valence-electron chi connectivity index (χ1n) is 5.34. The highest BCUT2D eigenvalue weighted by molar-refractivity contribution is 7.98. The summed E-state index contributed by atoms with van der Waals surface area (Å²) in [5.74, 6) is 0.512. The summed E-state index contributed by atoms with van der Waals surface area (Å²) in [5, 5.41) is 12.8. The Balaban J connectivity index is 3.02. The molecule has 0 saturated carbocycles. The molecule has 0 saturated heterocycles. The third-order valence-electron chi connectivity index (χ3n) is 2.59. The van der Waals surface area contributed by atoms with Gasteiger partial charge in [0.05, 0.1) is 6.07 Å². The second-order valence-corrected chi connectivity index (χ2v) is 4.30. The molecule has 0 aliphatic rings. The lowest BCUT2D eigenvalue weighted by molar-refractivity contribution is 0.542. The molecule has 0 atom stereocenters. The Morgan fingerprint density at radius 2 is 2.00 bits per heavy atom. The summed E-state index contributed by atoms with van der Waals surface area (Å²) < 4.78 is 0. The van der Waals surface area contributed by atoms with Crippen LogP contribution in [0, 0.1) is 11.3 Å². The Hall–Kier alpha value is -1.55. The van der Waals surface area contributed by atoms with E-state index in [1.165, 1.54) is 11.8 Å². The third-order valence-corrected chi connectivity index (χ3v) is 3.13. The lowest BCUT2D eigenvalue weighted by atomic mass is 9.95. The smallest absolute Gasteiger partial charge is 0.229 e. The van der Waals surface area contributed by atoms with Crippen LogP contribution >= 0.6 is 11.8 Å². The number of nitrogens with two attached hydrogens (primary N) is 1. The predicted molar refractivity (Wildman–Crippen MR) is 68.6 cm³/mol. The van der Waals surface area contributed by atoms with Crippen molar-refractivity contribution in [2.24, 2.45) is 0 Å². The molecule has 0 fully saturated rings. The van der Waals surface area contributed by atoms with Gasteiger partial charge in [0, 0.05) is 0 Å². The maximum absolute atomic E-state index is 9.21. The second-order valence-electron chi connectivity index (χ2n) is 3.53. The van der Waals surface area contributed by atoms with Gasteiger partial charge in [-0.3, -0.25) is 0 Å². The number of hydrogen-bond acceptors (Lipinski definition) is 7. The first kappa shape index (κ1) is 13.5. The van der Waals surface area contributed by atoms with E-state index in [-0.39, 0.29) is 5.95 Å². The molecule has 7 heteroatoms. The van der Waals surface area contributed by atoms with Crippen molar-refractivity contribution in [1.29, 1.82) is 5.26 Å². The summed E-state index contributed by atoms with van der Waals surface area (Å²) in [5.41, 5.74) is 4.93. The SMILES string of the molecule is CCC(C#N)(CC)Nc1nc(N)nc(SC)n1. The van der Waals surface area contributed by atoms with E-state index in [0.29, 0.717) is 23.9 Å². The van der Waals surface area contributed by atoms with Gasteiger partial charge in [-0.25, -0.2) is 0 Å². The fraction of sp³-hybridized carbons (Fsp3) is 0.600. The zero-order valence-electron chi connectivity index (χ0n) is 10.2. The number of nitriles is 1. The normalized spacial score (nSPS) is 10.9. The van der Waals surface area contributed by atoms with E-state index < -0.39 is 5.54 Å². The standard InChI is InChI=1S/C10H16N6S/c1-4-10(5-2,6-11)16-8-13-7(12)14-9(15-8)17-3/h4-5H2,1-3H3,(H3,12,13,14,15,16). The van der Waals surface area contributed by atoms with E-state index in [1.54, 1.807) is 0 Å². The molecule has 0 bridgehead atoms. The van der Waals surface area contributed by atoms with Crippen molar-refractivity contribution in [3.63, 3.8) is 0 Å². The molecule has 1 rings (SSSR count). The molecule has 1 aromatic rings. The van der Waals surface area contributed by atoms with Crippen LogP contribution in [0.15, 0.2) is 5.16 Å². The quantitative estimate of drug-likeness (QED) is 0.768. The number of hydrogen-bond donors (Lipinski definition) is 2. The Labute approximate surface area is 105 Å². The number of thioether (sulfide) groups is 1. The number of nitrogen functional groups attached to an aromatic ring is 1. The van der Waals surface area contributed by atoms with Gasteiger partial charge >= 0.3 is 0 Å². The van der Waals surface area contributed by atoms with Crippen LogP contribution in [0.4, 0.5) is 11.9 Å². The van der Waals surface area contributed by atoms with Crippen LogP contribution in [-0.4, -0.2) is 26.7 Å². The average molecular weight is 252 g/mol. The molecule has 17 heavy (non-hydrogen) atoms. The van der Waals surface area contributed by atoms with Crippen LogP contribution in [-0.2, 0) is 0 Å². The third kappa shape index (κ3) is 3.20. The van der Waals surface area contributed by atoms with Gasteiger partial charge in [-0.15, -0.1) is 0 Å². The van der Waals surface area contributed by atoms with Crippen LogP contribution in [0.2, 0.25) is 0 Å². The number of anilines is 2. The maximum atomic E-state index is 9.21. The molecule has 0 amide bonds. The molecular formula is C10H16N6S. The maximum Gasteiger partial charge on any atom is 0.229 e. The monoisotopic (exact) mass is 252 g/mol. The second kappa shape index (κ2) is 5.68. The molecule has 92 valence electrons. The van der Waals surface area contributed by atoms with Crippen molar-refractivity contribution in [3.8, 4) is 6.07 Å². The summed E-state index contributed by atoms with van der Waals surface area (Å²) in [7, 11) is 0. The van der Waals surface area contributed by atoms with Crippen LogP contribution in [0.5, 0.6) is 0 Å². The zero-order valence-corrected chi connectivity index (χ0v) is 11.0. The van der Waals surface area contributed by atoms with E-state index >= 15 is 0 Å². The molecule has 0 aliphatic heterocycles. The number of nitrogens with one attached hydrogen (secondary N) is 1. The number of aromatic nitrogens is 3. The molecule has 0 aliphatic carbocycles. The molecule has 0 spiro atoms. The van der Waals surface area contributed by atoms with Gasteiger partial charge in [0.15, 0.2) is 5.16 Å². The van der Waals surface area contributed by atoms with Crippen LogP contribution < -0.4 is 11.1 Å². The van der Waals surface area contributed by atoms with Crippen molar-refractivity contribution in [3.05, 3.63) is 0 Å². The molecule has 0 radical (unpaired) electrons. The van der Waals surface area contributed by atoms with Crippen molar-refractivity contribution >= 4 is 23.7 Å². The van der Waals surface area contributed by atoms with Gasteiger partial charge in [-0.1, -0.05) is 25.6 Å². The van der Waals surface area contributed by atoms with Gasteiger partial charge < -0.3 is 11.1 Å². The lowest BCUT2D eigenvalue weighted by Crippen LogP contribution is -2.36. The van der Waals surface area contributed by atoms with Crippen LogP contribution in [0.25, 0.3) is 0 Å². The first-order chi connectivity index (χ1) is 8.09. The summed E-state index contributed by atoms with van der Waals surface area (Å²) in [6, 6.07) is 2.26. The highest BCUT2D eigenvalue weighted by atomic mass is 32.2. The average Bonchev–Trinajstić information content (AvgIpc) is 2.35. The number of rotatable bonds is 5. The molecule has 0 aromatic carbocycles. The summed E-state index contributed by atoms with van der Waals surface area (Å²) in [6.45, 7) is 3.89. The topological polar surface area (TPSA) is 101 Å². The highest BCUT2D eigenvalue weighted by Crippen LogP contribution is 2.20. The van der Waals surface area contributed by atoms with Crippen LogP contribution in [0.1, 0.15) is 26.7 Å². The van der Waals surface area contributed by atoms with Gasteiger partial charge in [0.2, 0.25) is 11.9 Å². The summed E-state index contributed by atoms with van der Waals surface area (Å²) in [6.07, 6.45) is 3.19. The lowest BCUT2D eigenvalue weighted by Gasteiger charge is -2.24. The highest BCUT2D eigenvalue weighted by Gasteiger charge is 2.26. The van der Waals surface area contributed by atoms with Crippen LogP contribution in [0.3, 0.4) is 0 Å². The fourth-order valence-corrected chi connectivity index (χ4v) is 1.71. The molecule has 1 aromatic heterocycles. The Morgan fingerprint density at radius 1 is 1.35 bits per heavy atom. The van der Waals surface area contributed by atoms with Crippen molar-refractivity contribution in [1.82, 2.24) is 15.0 Å². The van der Waals surface area contributed by atoms with E-state index in [0.717, 1.165) is 0 Å². The van der Waals surface area contributed by atoms with Gasteiger partial charge in [-0.05, 0) is 19.1 Å². The molecule has 0 unspecified atom stereocenters. The van der Waals surface area contributed by atoms with Crippen molar-refractivity contribution in [2.75, 3.05) is 17.3 Å². The van der Waals surface area contributed by atoms with Gasteiger partial charge in [-0.2, -0.15) is 20.2 Å². The van der Waals surface area contributed by atoms with E-state index in [1.807, 2.05) is 20.1 Å². The van der Waals surface area contributed by atoms with Gasteiger partial charge in [0.1, 0.15) is 5.54 Å². The van der Waals surface area contributed by atoms with E-state index in [2.05, 4.69) is 26.3 Å². The number of nitrogens with zero attached hydrogens (tertiary/aromatic N) is 4. The molecule has 6 nitrogen and oxygen atoms in total. The Kier molecular flexibility index (Phi) is 4.52. The molecular weight excluding hydrogens is 236 g/mol. The minimum absolute atomic E-state index is 0.158. The van der Waals surface area contributed by atoms with Crippen molar-refractivity contribution < 1.29 is 0 Å². The van der Waals surface area contributed by atoms with Gasteiger partial charge in [0.25, 0.3) is 0 Å². The Morgan fingerprint density at radius 3 is 2.47 bits per heavy atom. The predicted octanol–water partition coefficient (Wildman–Crippen LogP) is 1.67. The van der Waals surface area contributed by atoms with E-state index in [9.17, 15) is 5.26 Å². The summed E-state index contributed by atoms with van der Waals surface area (Å²) >= 11 is 1.38. The summed E-state index contributed by atoms with van der Waals surface area (Å²) in [4.78, 5) is 12.1. The zero-order chi connectivity index (χ0) is 12.9. The fourth-order valence-electron chi connectivity index (χ4n) is 1.35. The minimum Gasteiger partial charge on any atom is -0.368 e. The Bertz CT molecular complexity index is 423. The van der Waals surface area contributed by atoms with Crippen molar-refractivity contribution in [2.45, 2.75) is 37.4 Å². The van der Waals surface area contributed by atoms with E-state index in [4.69, 9.17) is 5.73 Å². The molecule has 3 N–H and O–H groups in total. The minimum atomic E-state index is -0.649.